The maximum absolute atomic E-state index is 6.13. The fourth-order valence-electron chi connectivity index (χ4n) is 3.48. The molecule has 0 spiro atoms. The number of rotatable bonds is 5. The zero-order valence-electron chi connectivity index (χ0n) is 14.2. The van der Waals surface area contributed by atoms with Crippen LogP contribution in [0.4, 0.5) is 11.5 Å². The fraction of sp³-hybridized carbons (Fsp3) is 0.421. The smallest absolute Gasteiger partial charge is 0.153 e. The van der Waals surface area contributed by atoms with Crippen LogP contribution in [0.1, 0.15) is 25.3 Å². The number of pyridine rings is 1. The zero-order valence-corrected chi connectivity index (χ0v) is 14.9. The predicted molar refractivity (Wildman–Crippen MR) is 101 cm³/mol. The average Bonchev–Trinajstić information content (AvgIpc) is 2.61. The molecule has 1 saturated heterocycles. The molecular weight excluding hydrogens is 320 g/mol. The van der Waals surface area contributed by atoms with E-state index in [0.29, 0.717) is 16.9 Å². The van der Waals surface area contributed by atoms with Crippen molar-refractivity contribution in [3.8, 4) is 0 Å². The number of nitrogen functional groups attached to an aromatic ring is 1. The van der Waals surface area contributed by atoms with Crippen molar-refractivity contribution in [1.82, 2.24) is 9.88 Å². The van der Waals surface area contributed by atoms with Gasteiger partial charge in [-0.15, -0.1) is 0 Å². The molecule has 2 heterocycles. The van der Waals surface area contributed by atoms with Crippen molar-refractivity contribution in [2.75, 3.05) is 30.3 Å². The Morgan fingerprint density at radius 3 is 2.54 bits per heavy atom. The highest BCUT2D eigenvalue weighted by molar-refractivity contribution is 6.29. The van der Waals surface area contributed by atoms with Crippen LogP contribution in [-0.2, 0) is 6.54 Å². The van der Waals surface area contributed by atoms with E-state index in [1.54, 1.807) is 6.07 Å². The minimum Gasteiger partial charge on any atom is -0.396 e. The van der Waals surface area contributed by atoms with Gasteiger partial charge in [-0.3, -0.25) is 4.90 Å². The lowest BCUT2D eigenvalue weighted by Gasteiger charge is -2.39. The van der Waals surface area contributed by atoms with E-state index in [2.05, 4.69) is 52.0 Å². The number of halogens is 1. The molecule has 0 bridgehead atoms. The average molecular weight is 345 g/mol. The van der Waals surface area contributed by atoms with Crippen molar-refractivity contribution in [3.63, 3.8) is 0 Å². The molecular formula is C19H25ClN4. The highest BCUT2D eigenvalue weighted by Crippen LogP contribution is 2.28. The zero-order chi connectivity index (χ0) is 16.9. The third-order valence-electron chi connectivity index (χ3n) is 4.73. The molecule has 2 aromatic rings. The van der Waals surface area contributed by atoms with Crippen LogP contribution in [0, 0.1) is 0 Å². The quantitative estimate of drug-likeness (QED) is 0.838. The van der Waals surface area contributed by atoms with Crippen molar-refractivity contribution >= 4 is 23.1 Å². The van der Waals surface area contributed by atoms with E-state index >= 15 is 0 Å². The molecule has 1 aromatic heterocycles. The number of anilines is 2. The monoisotopic (exact) mass is 344 g/mol. The van der Waals surface area contributed by atoms with Crippen molar-refractivity contribution in [2.45, 2.75) is 32.4 Å². The minimum atomic E-state index is 0.468. The van der Waals surface area contributed by atoms with Gasteiger partial charge in [0.25, 0.3) is 0 Å². The Kier molecular flexibility index (Phi) is 5.59. The van der Waals surface area contributed by atoms with E-state index in [1.165, 1.54) is 5.56 Å². The molecule has 3 rings (SSSR count). The standard InChI is InChI=1S/C19H25ClN4/c1-2-24(19-17(21)8-9-18(20)22-19)16-10-12-23(13-11-16)14-15-6-4-3-5-7-15/h3-9,16H,2,10-14,21H2,1H3. The molecule has 1 aromatic carbocycles. The van der Waals surface area contributed by atoms with Crippen LogP contribution in [0.25, 0.3) is 0 Å². The van der Waals surface area contributed by atoms with Gasteiger partial charge in [0.05, 0.1) is 5.69 Å². The number of aromatic nitrogens is 1. The summed E-state index contributed by atoms with van der Waals surface area (Å²) in [6, 6.07) is 14.7. The summed E-state index contributed by atoms with van der Waals surface area (Å²) < 4.78 is 0. The molecule has 0 unspecified atom stereocenters. The third-order valence-corrected chi connectivity index (χ3v) is 4.94. The Morgan fingerprint density at radius 1 is 1.17 bits per heavy atom. The van der Waals surface area contributed by atoms with Crippen molar-refractivity contribution < 1.29 is 0 Å². The van der Waals surface area contributed by atoms with Gasteiger partial charge in [0.1, 0.15) is 5.15 Å². The van der Waals surface area contributed by atoms with Gasteiger partial charge in [0.15, 0.2) is 5.82 Å². The summed E-state index contributed by atoms with van der Waals surface area (Å²) in [5.41, 5.74) is 8.21. The molecule has 0 amide bonds. The summed E-state index contributed by atoms with van der Waals surface area (Å²) in [5, 5.41) is 0.499. The highest BCUT2D eigenvalue weighted by atomic mass is 35.5. The van der Waals surface area contributed by atoms with Gasteiger partial charge < -0.3 is 10.6 Å². The molecule has 1 aliphatic heterocycles. The van der Waals surface area contributed by atoms with Gasteiger partial charge in [-0.2, -0.15) is 0 Å². The number of nitrogens with two attached hydrogens (primary N) is 1. The summed E-state index contributed by atoms with van der Waals surface area (Å²) in [7, 11) is 0. The Morgan fingerprint density at radius 2 is 1.88 bits per heavy atom. The van der Waals surface area contributed by atoms with E-state index in [1.807, 2.05) is 6.07 Å². The predicted octanol–water partition coefficient (Wildman–Crippen LogP) is 3.81. The first-order chi connectivity index (χ1) is 11.7. The molecule has 1 aliphatic rings. The molecule has 24 heavy (non-hydrogen) atoms. The van der Waals surface area contributed by atoms with Crippen LogP contribution >= 0.6 is 11.6 Å². The summed E-state index contributed by atoms with van der Waals surface area (Å²) in [6.45, 7) is 6.25. The van der Waals surface area contributed by atoms with Gasteiger partial charge in [0, 0.05) is 32.2 Å². The van der Waals surface area contributed by atoms with E-state index in [-0.39, 0.29) is 0 Å². The summed E-state index contributed by atoms with van der Waals surface area (Å²) in [6.07, 6.45) is 2.24. The maximum Gasteiger partial charge on any atom is 0.153 e. The number of nitrogens with zero attached hydrogens (tertiary/aromatic N) is 3. The fourth-order valence-corrected chi connectivity index (χ4v) is 3.62. The Bertz CT molecular complexity index is 654. The van der Waals surface area contributed by atoms with Crippen LogP contribution in [0.3, 0.4) is 0 Å². The van der Waals surface area contributed by atoms with Gasteiger partial charge in [0.2, 0.25) is 0 Å². The first-order valence-corrected chi connectivity index (χ1v) is 9.00. The maximum atomic E-state index is 6.13. The second-order valence-electron chi connectivity index (χ2n) is 6.33. The second-order valence-corrected chi connectivity index (χ2v) is 6.71. The number of hydrogen-bond acceptors (Lipinski definition) is 4. The third kappa shape index (κ3) is 4.00. The molecule has 4 nitrogen and oxygen atoms in total. The Labute approximate surface area is 149 Å². The molecule has 1 fully saturated rings. The number of likely N-dealkylation sites (tertiary alicyclic amines) is 1. The van der Waals surface area contributed by atoms with Crippen molar-refractivity contribution in [2.24, 2.45) is 0 Å². The summed E-state index contributed by atoms with van der Waals surface area (Å²) >= 11 is 6.07. The van der Waals surface area contributed by atoms with Gasteiger partial charge in [-0.1, -0.05) is 41.9 Å². The van der Waals surface area contributed by atoms with Crippen LogP contribution < -0.4 is 10.6 Å². The molecule has 5 heteroatoms. The lowest BCUT2D eigenvalue weighted by atomic mass is 10.0. The van der Waals surface area contributed by atoms with Gasteiger partial charge in [-0.05, 0) is 37.5 Å². The van der Waals surface area contributed by atoms with Gasteiger partial charge in [-0.25, -0.2) is 4.98 Å². The van der Waals surface area contributed by atoms with E-state index in [0.717, 1.165) is 44.8 Å². The van der Waals surface area contributed by atoms with E-state index in [4.69, 9.17) is 17.3 Å². The molecule has 0 radical (unpaired) electrons. The summed E-state index contributed by atoms with van der Waals surface area (Å²) in [5.74, 6) is 0.825. The molecule has 0 saturated carbocycles. The topological polar surface area (TPSA) is 45.4 Å². The normalized spacial score (nSPS) is 16.2. The first kappa shape index (κ1) is 17.1. The van der Waals surface area contributed by atoms with Crippen LogP contribution in [-0.4, -0.2) is 35.6 Å². The summed E-state index contributed by atoms with van der Waals surface area (Å²) in [4.78, 5) is 9.29. The number of piperidine rings is 1. The van der Waals surface area contributed by atoms with Crippen LogP contribution in [0.5, 0.6) is 0 Å². The minimum absolute atomic E-state index is 0.468. The lowest BCUT2D eigenvalue weighted by Crippen LogP contribution is -2.45. The van der Waals surface area contributed by atoms with Crippen molar-refractivity contribution in [1.29, 1.82) is 0 Å². The Balaban J connectivity index is 1.63. The molecule has 0 aliphatic carbocycles. The number of hydrogen-bond donors (Lipinski definition) is 1. The molecule has 2 N–H and O–H groups in total. The highest BCUT2D eigenvalue weighted by Gasteiger charge is 2.26. The van der Waals surface area contributed by atoms with Crippen molar-refractivity contribution in [3.05, 3.63) is 53.2 Å². The largest absolute Gasteiger partial charge is 0.396 e. The number of benzene rings is 1. The lowest BCUT2D eigenvalue weighted by molar-refractivity contribution is 0.201. The second kappa shape index (κ2) is 7.86. The SMILES string of the molecule is CCN(c1nc(Cl)ccc1N)C1CCN(Cc2ccccc2)CC1. The van der Waals surface area contributed by atoms with E-state index < -0.39 is 0 Å². The van der Waals surface area contributed by atoms with Crippen LogP contribution in [0.2, 0.25) is 5.15 Å². The van der Waals surface area contributed by atoms with Crippen LogP contribution in [0.15, 0.2) is 42.5 Å². The first-order valence-electron chi connectivity index (χ1n) is 8.62. The van der Waals surface area contributed by atoms with Gasteiger partial charge >= 0.3 is 0 Å². The molecule has 0 atom stereocenters. The van der Waals surface area contributed by atoms with E-state index in [9.17, 15) is 0 Å². The molecule has 128 valence electrons. The Hall–Kier alpha value is -1.78.